The molecule has 0 radical (unpaired) electrons. The van der Waals surface area contributed by atoms with Crippen LogP contribution in [0.5, 0.6) is 0 Å². The van der Waals surface area contributed by atoms with Gasteiger partial charge in [0.1, 0.15) is 6.04 Å². The number of esters is 1. The van der Waals surface area contributed by atoms with Crippen LogP contribution in [0.4, 0.5) is 0 Å². The first-order valence-electron chi connectivity index (χ1n) is 8.80. The molecule has 2 fully saturated rings. The molecule has 0 bridgehead atoms. The van der Waals surface area contributed by atoms with Crippen LogP contribution in [0, 0.1) is 0 Å². The minimum Gasteiger partial charge on any atom is -0.469 e. The summed E-state index contributed by atoms with van der Waals surface area (Å²) in [6.45, 7) is 2.11. The number of aromatic nitrogens is 1. The Labute approximate surface area is 148 Å². The lowest BCUT2D eigenvalue weighted by atomic mass is 10.0. The number of carbonyl (C=O) groups excluding carboxylic acids is 2. The third-order valence-corrected chi connectivity index (χ3v) is 5.35. The molecule has 0 spiro atoms. The van der Waals surface area contributed by atoms with Crippen LogP contribution in [-0.4, -0.2) is 72.0 Å². The second-order valence-electron chi connectivity index (χ2n) is 6.77. The Kier molecular flexibility index (Phi) is 5.65. The number of ether oxygens (including phenoxy) is 1. The summed E-state index contributed by atoms with van der Waals surface area (Å²) in [6, 6.07) is 5.99. The van der Waals surface area contributed by atoms with Gasteiger partial charge in [0.25, 0.3) is 0 Å². The van der Waals surface area contributed by atoms with Crippen molar-refractivity contribution in [1.29, 1.82) is 0 Å². The van der Waals surface area contributed by atoms with E-state index in [-0.39, 0.29) is 30.0 Å². The highest BCUT2D eigenvalue weighted by Crippen LogP contribution is 2.28. The third kappa shape index (κ3) is 3.99. The molecule has 1 aromatic heterocycles. The van der Waals surface area contributed by atoms with Crippen LogP contribution in [0.15, 0.2) is 24.4 Å². The number of amides is 1. The highest BCUT2D eigenvalue weighted by atomic mass is 16.5. The van der Waals surface area contributed by atoms with E-state index in [9.17, 15) is 9.59 Å². The molecule has 2 saturated heterocycles. The maximum absolute atomic E-state index is 12.7. The lowest BCUT2D eigenvalue weighted by molar-refractivity contribution is -0.141. The monoisotopic (exact) mass is 346 g/mol. The molecule has 2 aliphatic rings. The van der Waals surface area contributed by atoms with Gasteiger partial charge in [-0.2, -0.15) is 0 Å². The van der Waals surface area contributed by atoms with Gasteiger partial charge < -0.3 is 10.1 Å². The molecular formula is C18H26N4O3. The number of rotatable bonds is 5. The first-order valence-corrected chi connectivity index (χ1v) is 8.80. The average Bonchev–Trinajstić information content (AvgIpc) is 3.00. The molecule has 3 heterocycles. The van der Waals surface area contributed by atoms with Crippen molar-refractivity contribution in [2.45, 2.75) is 43.9 Å². The fourth-order valence-corrected chi connectivity index (χ4v) is 3.91. The van der Waals surface area contributed by atoms with Crippen LogP contribution in [0.2, 0.25) is 0 Å². The lowest BCUT2D eigenvalue weighted by Crippen LogP contribution is -2.49. The standard InChI is InChI=1S/C18H26N4O3/c1-21-14(6-7-16(23)25-2)11-20-18(24)17-15(21)8-10-22(17)12-13-5-3-4-9-19-13/h3-5,9,14-15,17H,6-8,10-12H2,1-2H3,(H,20,24). The first-order chi connectivity index (χ1) is 12.1. The number of likely N-dealkylation sites (N-methyl/N-ethyl adjacent to an activating group) is 1. The van der Waals surface area contributed by atoms with E-state index >= 15 is 0 Å². The summed E-state index contributed by atoms with van der Waals surface area (Å²) >= 11 is 0. The maximum atomic E-state index is 12.7. The Bertz CT molecular complexity index is 610. The molecule has 3 unspecified atom stereocenters. The fraction of sp³-hybridized carbons (Fsp3) is 0.611. The van der Waals surface area contributed by atoms with E-state index in [0.717, 1.165) is 18.7 Å². The molecular weight excluding hydrogens is 320 g/mol. The predicted molar refractivity (Wildman–Crippen MR) is 92.7 cm³/mol. The Balaban J connectivity index is 1.69. The van der Waals surface area contributed by atoms with E-state index < -0.39 is 0 Å². The van der Waals surface area contributed by atoms with Crippen molar-refractivity contribution in [3.63, 3.8) is 0 Å². The average molecular weight is 346 g/mol. The van der Waals surface area contributed by atoms with Crippen LogP contribution in [0.25, 0.3) is 0 Å². The first kappa shape index (κ1) is 17.8. The van der Waals surface area contributed by atoms with Crippen molar-refractivity contribution < 1.29 is 14.3 Å². The Morgan fingerprint density at radius 1 is 1.44 bits per heavy atom. The van der Waals surface area contributed by atoms with Crippen molar-refractivity contribution in [1.82, 2.24) is 20.1 Å². The van der Waals surface area contributed by atoms with Crippen molar-refractivity contribution in [2.75, 3.05) is 27.2 Å². The van der Waals surface area contributed by atoms with Crippen LogP contribution in [-0.2, 0) is 20.9 Å². The van der Waals surface area contributed by atoms with Gasteiger partial charge in [-0.05, 0) is 32.0 Å². The maximum Gasteiger partial charge on any atom is 0.305 e. The van der Waals surface area contributed by atoms with E-state index in [2.05, 4.69) is 27.1 Å². The molecule has 136 valence electrons. The van der Waals surface area contributed by atoms with Crippen LogP contribution in [0.3, 0.4) is 0 Å². The van der Waals surface area contributed by atoms with Gasteiger partial charge in [0.2, 0.25) is 5.91 Å². The molecule has 0 saturated carbocycles. The number of nitrogens with one attached hydrogen (secondary N) is 1. The molecule has 0 aliphatic carbocycles. The number of pyridine rings is 1. The van der Waals surface area contributed by atoms with E-state index in [4.69, 9.17) is 4.74 Å². The van der Waals surface area contributed by atoms with Gasteiger partial charge in [0, 0.05) is 44.3 Å². The van der Waals surface area contributed by atoms with Gasteiger partial charge in [0.05, 0.1) is 12.8 Å². The lowest BCUT2D eigenvalue weighted by Gasteiger charge is -2.33. The van der Waals surface area contributed by atoms with E-state index in [1.807, 2.05) is 18.2 Å². The second-order valence-corrected chi connectivity index (χ2v) is 6.77. The molecule has 1 aromatic rings. The quantitative estimate of drug-likeness (QED) is 0.779. The van der Waals surface area contributed by atoms with Crippen LogP contribution >= 0.6 is 0 Å². The van der Waals surface area contributed by atoms with Crippen molar-refractivity contribution >= 4 is 11.9 Å². The fourth-order valence-electron chi connectivity index (χ4n) is 3.91. The van der Waals surface area contributed by atoms with E-state index in [1.54, 1.807) is 6.20 Å². The van der Waals surface area contributed by atoms with Gasteiger partial charge in [-0.15, -0.1) is 0 Å². The molecule has 7 heteroatoms. The van der Waals surface area contributed by atoms with Crippen molar-refractivity contribution in [3.05, 3.63) is 30.1 Å². The SMILES string of the molecule is COC(=O)CCC1CNC(=O)C2C(CCN2Cc2ccccn2)N1C. The van der Waals surface area contributed by atoms with Gasteiger partial charge >= 0.3 is 5.97 Å². The highest BCUT2D eigenvalue weighted by molar-refractivity contribution is 5.83. The minimum absolute atomic E-state index is 0.0749. The number of hydrogen-bond donors (Lipinski definition) is 1. The Morgan fingerprint density at radius 2 is 2.28 bits per heavy atom. The zero-order chi connectivity index (χ0) is 17.8. The summed E-state index contributed by atoms with van der Waals surface area (Å²) in [5.41, 5.74) is 0.977. The summed E-state index contributed by atoms with van der Waals surface area (Å²) in [5, 5.41) is 3.06. The topological polar surface area (TPSA) is 74.8 Å². The van der Waals surface area contributed by atoms with E-state index in [0.29, 0.717) is 25.9 Å². The second kappa shape index (κ2) is 7.93. The summed E-state index contributed by atoms with van der Waals surface area (Å²) < 4.78 is 4.74. The van der Waals surface area contributed by atoms with Crippen molar-refractivity contribution in [2.24, 2.45) is 0 Å². The number of methoxy groups -OCH3 is 1. The molecule has 1 N–H and O–H groups in total. The smallest absolute Gasteiger partial charge is 0.305 e. The number of likely N-dealkylation sites (tertiary alicyclic amines) is 1. The summed E-state index contributed by atoms with van der Waals surface area (Å²) in [5.74, 6) is -0.130. The highest BCUT2D eigenvalue weighted by Gasteiger charge is 2.44. The van der Waals surface area contributed by atoms with Crippen molar-refractivity contribution in [3.8, 4) is 0 Å². The normalized spacial score (nSPS) is 27.4. The number of nitrogens with zero attached hydrogens (tertiary/aromatic N) is 3. The van der Waals surface area contributed by atoms with Gasteiger partial charge in [-0.1, -0.05) is 6.07 Å². The molecule has 0 aromatic carbocycles. The number of carbonyl (C=O) groups is 2. The number of hydrogen-bond acceptors (Lipinski definition) is 6. The summed E-state index contributed by atoms with van der Waals surface area (Å²) in [4.78, 5) is 33.0. The Hall–Kier alpha value is -1.99. The zero-order valence-corrected chi connectivity index (χ0v) is 14.9. The molecule has 2 aliphatic heterocycles. The zero-order valence-electron chi connectivity index (χ0n) is 14.9. The van der Waals surface area contributed by atoms with E-state index in [1.165, 1.54) is 7.11 Å². The largest absolute Gasteiger partial charge is 0.469 e. The Morgan fingerprint density at radius 3 is 3.00 bits per heavy atom. The summed E-state index contributed by atoms with van der Waals surface area (Å²) in [7, 11) is 3.47. The molecule has 25 heavy (non-hydrogen) atoms. The van der Waals surface area contributed by atoms with Gasteiger partial charge in [-0.25, -0.2) is 0 Å². The molecule has 3 rings (SSSR count). The molecule has 1 amide bonds. The van der Waals surface area contributed by atoms with Gasteiger partial charge in [0.15, 0.2) is 0 Å². The summed E-state index contributed by atoms with van der Waals surface area (Å²) in [6.07, 6.45) is 3.78. The van der Waals surface area contributed by atoms with Crippen LogP contribution < -0.4 is 5.32 Å². The molecule has 3 atom stereocenters. The predicted octanol–water partition coefficient (Wildman–Crippen LogP) is 0.408. The third-order valence-electron chi connectivity index (χ3n) is 5.35. The molecule has 7 nitrogen and oxygen atoms in total. The van der Waals surface area contributed by atoms with Gasteiger partial charge in [-0.3, -0.25) is 24.4 Å². The number of fused-ring (bicyclic) bond motifs is 1. The van der Waals surface area contributed by atoms with Crippen LogP contribution in [0.1, 0.15) is 25.0 Å². The minimum atomic E-state index is -0.205.